The quantitative estimate of drug-likeness (QED) is 0.610. The van der Waals surface area contributed by atoms with Gasteiger partial charge in [0.15, 0.2) is 0 Å². The minimum Gasteiger partial charge on any atom is -0.461 e. The van der Waals surface area contributed by atoms with Crippen molar-refractivity contribution in [3.63, 3.8) is 0 Å². The zero-order chi connectivity index (χ0) is 17.0. The fourth-order valence-corrected chi connectivity index (χ4v) is 2.66. The van der Waals surface area contributed by atoms with Crippen molar-refractivity contribution in [3.8, 4) is 0 Å². The van der Waals surface area contributed by atoms with Gasteiger partial charge in [0.05, 0.1) is 11.0 Å². The average Bonchev–Trinajstić information content (AvgIpc) is 2.77. The van der Waals surface area contributed by atoms with Crippen molar-refractivity contribution in [1.82, 2.24) is 4.90 Å². The number of halogens is 1. The van der Waals surface area contributed by atoms with Gasteiger partial charge < -0.3 is 4.74 Å². The standard InChI is InChI=1S/C16H16FNO4S/c1-3-10(2)22-14(19)9-18-15(20)13(23-16(18)21)8-11-4-6-12(17)7-5-11/h4-8,10H,3,9H2,1-2H3/b13-8+/t10-/m0/s1. The normalized spacial score (nSPS) is 17.7. The maximum atomic E-state index is 12.9. The molecular weight excluding hydrogens is 321 g/mol. The van der Waals surface area contributed by atoms with Gasteiger partial charge in [-0.3, -0.25) is 19.3 Å². The second-order valence-corrected chi connectivity index (χ2v) is 6.02. The van der Waals surface area contributed by atoms with Crippen LogP contribution in [0.4, 0.5) is 9.18 Å². The molecule has 23 heavy (non-hydrogen) atoms. The Morgan fingerprint density at radius 2 is 2.00 bits per heavy atom. The number of esters is 1. The highest BCUT2D eigenvalue weighted by atomic mass is 32.2. The summed E-state index contributed by atoms with van der Waals surface area (Å²) in [6.45, 7) is 3.19. The lowest BCUT2D eigenvalue weighted by molar-refractivity contribution is -0.150. The summed E-state index contributed by atoms with van der Waals surface area (Å²) in [5.41, 5.74) is 0.596. The Kier molecular flexibility index (Phi) is 5.54. The third-order valence-corrected chi connectivity index (χ3v) is 4.14. The van der Waals surface area contributed by atoms with Crippen molar-refractivity contribution >= 4 is 35.0 Å². The molecule has 1 heterocycles. The summed E-state index contributed by atoms with van der Waals surface area (Å²) < 4.78 is 17.9. The lowest BCUT2D eigenvalue weighted by atomic mass is 10.2. The molecule has 5 nitrogen and oxygen atoms in total. The first-order valence-corrected chi connectivity index (χ1v) is 7.92. The highest BCUT2D eigenvalue weighted by Crippen LogP contribution is 2.32. The molecule has 0 radical (unpaired) electrons. The monoisotopic (exact) mass is 337 g/mol. The molecule has 0 aliphatic carbocycles. The van der Waals surface area contributed by atoms with E-state index in [1.807, 2.05) is 6.92 Å². The number of ether oxygens (including phenoxy) is 1. The van der Waals surface area contributed by atoms with Gasteiger partial charge in [0.2, 0.25) is 0 Å². The van der Waals surface area contributed by atoms with E-state index in [-0.39, 0.29) is 16.8 Å². The summed E-state index contributed by atoms with van der Waals surface area (Å²) in [6, 6.07) is 5.53. The summed E-state index contributed by atoms with van der Waals surface area (Å²) in [4.78, 5) is 36.9. The molecule has 122 valence electrons. The van der Waals surface area contributed by atoms with Crippen LogP contribution >= 0.6 is 11.8 Å². The van der Waals surface area contributed by atoms with E-state index < -0.39 is 23.7 Å². The number of benzene rings is 1. The van der Waals surface area contributed by atoms with Crippen molar-refractivity contribution in [1.29, 1.82) is 0 Å². The molecule has 0 N–H and O–H groups in total. The van der Waals surface area contributed by atoms with Crippen LogP contribution in [0, 0.1) is 5.82 Å². The van der Waals surface area contributed by atoms with E-state index in [1.165, 1.54) is 30.3 Å². The van der Waals surface area contributed by atoms with Crippen molar-refractivity contribution in [3.05, 3.63) is 40.6 Å². The van der Waals surface area contributed by atoms with Crippen molar-refractivity contribution in [2.75, 3.05) is 6.54 Å². The minimum absolute atomic E-state index is 0.193. The summed E-state index contributed by atoms with van der Waals surface area (Å²) in [5.74, 6) is -1.56. The van der Waals surface area contributed by atoms with Crippen LogP contribution in [-0.4, -0.2) is 34.7 Å². The molecule has 2 rings (SSSR count). The molecule has 2 amide bonds. The van der Waals surface area contributed by atoms with Crippen LogP contribution in [0.1, 0.15) is 25.8 Å². The van der Waals surface area contributed by atoms with Gasteiger partial charge in [-0.1, -0.05) is 19.1 Å². The van der Waals surface area contributed by atoms with E-state index >= 15 is 0 Å². The minimum atomic E-state index is -0.621. The molecule has 1 aliphatic heterocycles. The zero-order valence-corrected chi connectivity index (χ0v) is 13.6. The SMILES string of the molecule is CC[C@H](C)OC(=O)CN1C(=O)S/C(=C/c2ccc(F)cc2)C1=O. The predicted molar refractivity (Wildman–Crippen MR) is 84.9 cm³/mol. The second-order valence-electron chi connectivity index (χ2n) is 5.03. The Morgan fingerprint density at radius 1 is 1.35 bits per heavy atom. The van der Waals surface area contributed by atoms with E-state index in [0.717, 1.165) is 16.7 Å². The molecule has 7 heteroatoms. The third kappa shape index (κ3) is 4.41. The van der Waals surface area contributed by atoms with Crippen LogP contribution in [0.2, 0.25) is 0 Å². The molecule has 1 aliphatic rings. The Balaban J connectivity index is 2.07. The first-order valence-electron chi connectivity index (χ1n) is 7.11. The van der Waals surface area contributed by atoms with Gasteiger partial charge in [-0.25, -0.2) is 4.39 Å². The van der Waals surface area contributed by atoms with Crippen LogP contribution in [0.15, 0.2) is 29.2 Å². The lowest BCUT2D eigenvalue weighted by Gasteiger charge is -2.14. The first kappa shape index (κ1) is 17.2. The highest BCUT2D eigenvalue weighted by Gasteiger charge is 2.36. The molecule has 0 unspecified atom stereocenters. The molecule has 0 saturated carbocycles. The van der Waals surface area contributed by atoms with Crippen LogP contribution in [0.5, 0.6) is 0 Å². The molecule has 0 aromatic heterocycles. The summed E-state index contributed by atoms with van der Waals surface area (Å²) in [5, 5.41) is -0.524. The zero-order valence-electron chi connectivity index (χ0n) is 12.7. The van der Waals surface area contributed by atoms with Crippen LogP contribution in [0.3, 0.4) is 0 Å². The molecule has 1 fully saturated rings. The Morgan fingerprint density at radius 3 is 2.61 bits per heavy atom. The lowest BCUT2D eigenvalue weighted by Crippen LogP contribution is -2.35. The number of amides is 2. The smallest absolute Gasteiger partial charge is 0.326 e. The Hall–Kier alpha value is -2.15. The average molecular weight is 337 g/mol. The van der Waals surface area contributed by atoms with E-state index in [2.05, 4.69) is 0 Å². The van der Waals surface area contributed by atoms with E-state index in [4.69, 9.17) is 4.74 Å². The summed E-state index contributed by atoms with van der Waals surface area (Å²) in [7, 11) is 0. The summed E-state index contributed by atoms with van der Waals surface area (Å²) in [6.07, 6.45) is 1.87. The molecular formula is C16H16FNO4S. The number of hydrogen-bond acceptors (Lipinski definition) is 5. The van der Waals surface area contributed by atoms with Crippen LogP contribution in [-0.2, 0) is 14.3 Å². The number of carbonyl (C=O) groups excluding carboxylic acids is 3. The number of thioether (sulfide) groups is 1. The molecule has 1 saturated heterocycles. The number of carbonyl (C=O) groups is 3. The number of nitrogens with zero attached hydrogens (tertiary/aromatic N) is 1. The molecule has 1 aromatic rings. The van der Waals surface area contributed by atoms with Gasteiger partial charge in [0, 0.05) is 0 Å². The van der Waals surface area contributed by atoms with E-state index in [9.17, 15) is 18.8 Å². The molecule has 0 bridgehead atoms. The van der Waals surface area contributed by atoms with E-state index in [1.54, 1.807) is 6.92 Å². The highest BCUT2D eigenvalue weighted by molar-refractivity contribution is 8.18. The number of rotatable bonds is 5. The predicted octanol–water partition coefficient (Wildman–Crippen LogP) is 3.20. The van der Waals surface area contributed by atoms with Crippen molar-refractivity contribution < 1.29 is 23.5 Å². The van der Waals surface area contributed by atoms with Gasteiger partial charge in [-0.2, -0.15) is 0 Å². The molecule has 1 aromatic carbocycles. The summed E-state index contributed by atoms with van der Waals surface area (Å²) >= 11 is 0.744. The van der Waals surface area contributed by atoms with Crippen molar-refractivity contribution in [2.24, 2.45) is 0 Å². The molecule has 0 spiro atoms. The second kappa shape index (κ2) is 7.41. The van der Waals surface area contributed by atoms with Gasteiger partial charge in [-0.05, 0) is 48.9 Å². The maximum Gasteiger partial charge on any atom is 0.326 e. The Bertz CT molecular complexity index is 657. The number of imide groups is 1. The fraction of sp³-hybridized carbons (Fsp3) is 0.312. The van der Waals surface area contributed by atoms with Gasteiger partial charge in [0.25, 0.3) is 11.1 Å². The maximum absolute atomic E-state index is 12.9. The van der Waals surface area contributed by atoms with Crippen LogP contribution < -0.4 is 0 Å². The van der Waals surface area contributed by atoms with Gasteiger partial charge in [-0.15, -0.1) is 0 Å². The Labute approximate surface area is 137 Å². The van der Waals surface area contributed by atoms with Gasteiger partial charge in [0.1, 0.15) is 12.4 Å². The van der Waals surface area contributed by atoms with Gasteiger partial charge >= 0.3 is 5.97 Å². The molecule has 1 atom stereocenters. The third-order valence-electron chi connectivity index (χ3n) is 3.24. The topological polar surface area (TPSA) is 63.7 Å². The van der Waals surface area contributed by atoms with Crippen molar-refractivity contribution in [2.45, 2.75) is 26.4 Å². The fourth-order valence-electron chi connectivity index (χ4n) is 1.82. The van der Waals surface area contributed by atoms with E-state index in [0.29, 0.717) is 12.0 Å². The largest absolute Gasteiger partial charge is 0.461 e. The number of hydrogen-bond donors (Lipinski definition) is 0. The van der Waals surface area contributed by atoms with Crippen LogP contribution in [0.25, 0.3) is 6.08 Å². The first-order chi connectivity index (χ1) is 10.9.